The van der Waals surface area contributed by atoms with Gasteiger partial charge in [-0.25, -0.2) is 13.1 Å². The van der Waals surface area contributed by atoms with Gasteiger partial charge in [-0.2, -0.15) is 0 Å². The van der Waals surface area contributed by atoms with Crippen LogP contribution >= 0.6 is 11.6 Å². The topological polar surface area (TPSA) is 58.2 Å². The molecule has 0 spiro atoms. The van der Waals surface area contributed by atoms with Crippen molar-refractivity contribution in [2.75, 3.05) is 7.05 Å². The first-order valence-electron chi connectivity index (χ1n) is 7.37. The molecule has 2 N–H and O–H groups in total. The minimum Gasteiger partial charge on any atom is -0.316 e. The highest BCUT2D eigenvalue weighted by Gasteiger charge is 2.25. The second kappa shape index (κ2) is 7.09. The molecule has 0 aliphatic heterocycles. The zero-order valence-corrected chi connectivity index (χ0v) is 14.1. The second-order valence-electron chi connectivity index (χ2n) is 5.87. The Morgan fingerprint density at radius 3 is 2.76 bits per heavy atom. The molecule has 21 heavy (non-hydrogen) atoms. The Morgan fingerprint density at radius 1 is 1.33 bits per heavy atom. The lowest BCUT2D eigenvalue weighted by atomic mass is 9.88. The van der Waals surface area contributed by atoms with E-state index in [9.17, 15) is 8.42 Å². The van der Waals surface area contributed by atoms with Gasteiger partial charge in [0.05, 0.1) is 4.90 Å². The van der Waals surface area contributed by atoms with E-state index < -0.39 is 10.0 Å². The summed E-state index contributed by atoms with van der Waals surface area (Å²) in [4.78, 5) is 0.287. The highest BCUT2D eigenvalue weighted by Crippen LogP contribution is 2.26. The summed E-state index contributed by atoms with van der Waals surface area (Å²) >= 11 is 6.08. The number of hydrogen-bond acceptors (Lipinski definition) is 3. The molecular formula is C15H23ClN2O2S. The monoisotopic (exact) mass is 330 g/mol. The molecule has 1 aliphatic carbocycles. The van der Waals surface area contributed by atoms with Crippen LogP contribution in [0.15, 0.2) is 23.1 Å². The SMILES string of the molecule is CNCc1cc(S(=O)(=O)NC2CCCC(C)C2)ccc1Cl. The molecule has 118 valence electrons. The third-order valence-corrected chi connectivity index (χ3v) is 5.84. The summed E-state index contributed by atoms with van der Waals surface area (Å²) in [5.74, 6) is 0.580. The highest BCUT2D eigenvalue weighted by molar-refractivity contribution is 7.89. The number of nitrogens with one attached hydrogen (secondary N) is 2. The quantitative estimate of drug-likeness (QED) is 0.872. The van der Waals surface area contributed by atoms with Gasteiger partial charge in [0.1, 0.15) is 0 Å². The van der Waals surface area contributed by atoms with Gasteiger partial charge in [0, 0.05) is 17.6 Å². The Hall–Kier alpha value is -0.620. The lowest BCUT2D eigenvalue weighted by molar-refractivity contribution is 0.327. The first-order chi connectivity index (χ1) is 9.92. The Kier molecular flexibility index (Phi) is 5.66. The maximum Gasteiger partial charge on any atom is 0.240 e. The lowest BCUT2D eigenvalue weighted by Gasteiger charge is -2.27. The van der Waals surface area contributed by atoms with Crippen molar-refractivity contribution < 1.29 is 8.42 Å². The average Bonchev–Trinajstić information content (AvgIpc) is 2.41. The number of rotatable bonds is 5. The van der Waals surface area contributed by atoms with Crippen molar-refractivity contribution in [3.8, 4) is 0 Å². The van der Waals surface area contributed by atoms with Crippen LogP contribution in [0.2, 0.25) is 5.02 Å². The van der Waals surface area contributed by atoms with E-state index in [1.807, 2.05) is 0 Å². The fraction of sp³-hybridized carbons (Fsp3) is 0.600. The Morgan fingerprint density at radius 2 is 2.10 bits per heavy atom. The largest absolute Gasteiger partial charge is 0.316 e. The smallest absolute Gasteiger partial charge is 0.240 e. The molecule has 0 radical (unpaired) electrons. The van der Waals surface area contributed by atoms with Gasteiger partial charge in [0.15, 0.2) is 0 Å². The number of halogens is 1. The molecule has 2 atom stereocenters. The van der Waals surface area contributed by atoms with Crippen LogP contribution in [0.1, 0.15) is 38.2 Å². The van der Waals surface area contributed by atoms with Gasteiger partial charge in [-0.05, 0) is 49.6 Å². The van der Waals surface area contributed by atoms with Crippen LogP contribution < -0.4 is 10.0 Å². The molecule has 0 aromatic heterocycles. The first-order valence-corrected chi connectivity index (χ1v) is 9.24. The van der Waals surface area contributed by atoms with Crippen molar-refractivity contribution in [3.63, 3.8) is 0 Å². The Labute approximate surface area is 132 Å². The normalized spacial score (nSPS) is 23.2. The van der Waals surface area contributed by atoms with E-state index in [1.54, 1.807) is 25.2 Å². The summed E-state index contributed by atoms with van der Waals surface area (Å²) in [6, 6.07) is 4.90. The Balaban J connectivity index is 2.17. The molecular weight excluding hydrogens is 308 g/mol. The van der Waals surface area contributed by atoms with E-state index >= 15 is 0 Å². The highest BCUT2D eigenvalue weighted by atomic mass is 35.5. The summed E-state index contributed by atoms with van der Waals surface area (Å²) in [6.07, 6.45) is 4.10. The molecule has 0 saturated heterocycles. The zero-order chi connectivity index (χ0) is 15.5. The molecule has 6 heteroatoms. The molecule has 2 rings (SSSR count). The molecule has 0 amide bonds. The van der Waals surface area contributed by atoms with E-state index in [2.05, 4.69) is 17.0 Å². The van der Waals surface area contributed by atoms with Gasteiger partial charge in [-0.15, -0.1) is 0 Å². The lowest BCUT2D eigenvalue weighted by Crippen LogP contribution is -2.38. The van der Waals surface area contributed by atoms with Crippen molar-refractivity contribution in [2.24, 2.45) is 5.92 Å². The van der Waals surface area contributed by atoms with Crippen molar-refractivity contribution >= 4 is 21.6 Å². The van der Waals surface area contributed by atoms with E-state index in [0.29, 0.717) is 17.5 Å². The standard InChI is InChI=1S/C15H23ClN2O2S/c1-11-4-3-5-13(8-11)18-21(19,20)14-6-7-15(16)12(9-14)10-17-2/h6-7,9,11,13,17-18H,3-5,8,10H2,1-2H3. The minimum absolute atomic E-state index is 0.0437. The van der Waals surface area contributed by atoms with Crippen molar-refractivity contribution in [1.82, 2.24) is 10.0 Å². The second-order valence-corrected chi connectivity index (χ2v) is 7.99. The van der Waals surface area contributed by atoms with Crippen LogP contribution in [0.5, 0.6) is 0 Å². The third-order valence-electron chi connectivity index (χ3n) is 3.95. The van der Waals surface area contributed by atoms with E-state index in [-0.39, 0.29) is 10.9 Å². The van der Waals surface area contributed by atoms with E-state index in [4.69, 9.17) is 11.6 Å². The van der Waals surface area contributed by atoms with E-state index in [0.717, 1.165) is 24.8 Å². The summed E-state index contributed by atoms with van der Waals surface area (Å²) in [5, 5.41) is 3.57. The summed E-state index contributed by atoms with van der Waals surface area (Å²) < 4.78 is 27.8. The molecule has 1 fully saturated rings. The predicted molar refractivity (Wildman–Crippen MR) is 86.0 cm³/mol. The average molecular weight is 331 g/mol. The number of hydrogen-bond donors (Lipinski definition) is 2. The minimum atomic E-state index is -3.48. The number of sulfonamides is 1. The van der Waals surface area contributed by atoms with Gasteiger partial charge < -0.3 is 5.32 Å². The molecule has 1 aromatic carbocycles. The van der Waals surface area contributed by atoms with Gasteiger partial charge >= 0.3 is 0 Å². The zero-order valence-electron chi connectivity index (χ0n) is 12.5. The van der Waals surface area contributed by atoms with Crippen LogP contribution in [-0.4, -0.2) is 21.5 Å². The van der Waals surface area contributed by atoms with Crippen molar-refractivity contribution in [2.45, 2.75) is 50.1 Å². The molecule has 1 aliphatic rings. The predicted octanol–water partition coefficient (Wildman–Crippen LogP) is 2.92. The van der Waals surface area contributed by atoms with Gasteiger partial charge in [0.2, 0.25) is 10.0 Å². The summed E-state index contributed by atoms with van der Waals surface area (Å²) in [5.41, 5.74) is 0.791. The van der Waals surface area contributed by atoms with Crippen molar-refractivity contribution in [1.29, 1.82) is 0 Å². The van der Waals surface area contributed by atoms with Crippen LogP contribution in [0.3, 0.4) is 0 Å². The van der Waals surface area contributed by atoms with E-state index in [1.165, 1.54) is 6.42 Å². The fourth-order valence-electron chi connectivity index (χ4n) is 2.87. The summed E-state index contributed by atoms with van der Waals surface area (Å²) in [7, 11) is -1.67. The van der Waals surface area contributed by atoms with Crippen LogP contribution in [0, 0.1) is 5.92 Å². The molecule has 2 unspecified atom stereocenters. The molecule has 4 nitrogen and oxygen atoms in total. The third kappa shape index (κ3) is 4.42. The first kappa shape index (κ1) is 16.7. The Bertz CT molecular complexity index is 589. The van der Waals surface area contributed by atoms with Gasteiger partial charge in [-0.1, -0.05) is 31.4 Å². The maximum atomic E-state index is 12.5. The van der Waals surface area contributed by atoms with Crippen molar-refractivity contribution in [3.05, 3.63) is 28.8 Å². The fourth-order valence-corrected chi connectivity index (χ4v) is 4.39. The molecule has 0 heterocycles. The van der Waals surface area contributed by atoms with Crippen LogP contribution in [0.25, 0.3) is 0 Å². The van der Waals surface area contributed by atoms with Crippen LogP contribution in [0.4, 0.5) is 0 Å². The molecule has 1 aromatic rings. The van der Waals surface area contributed by atoms with Crippen LogP contribution in [-0.2, 0) is 16.6 Å². The maximum absolute atomic E-state index is 12.5. The van der Waals surface area contributed by atoms with Gasteiger partial charge in [-0.3, -0.25) is 0 Å². The molecule has 0 bridgehead atoms. The molecule has 1 saturated carbocycles. The van der Waals surface area contributed by atoms with Gasteiger partial charge in [0.25, 0.3) is 0 Å². The summed E-state index contributed by atoms with van der Waals surface area (Å²) in [6.45, 7) is 2.72. The number of benzene rings is 1.